The van der Waals surface area contributed by atoms with Crippen molar-refractivity contribution in [3.8, 4) is 0 Å². The fraction of sp³-hybridized carbons (Fsp3) is 0.250. The first-order valence-electron chi connectivity index (χ1n) is 5.27. The van der Waals surface area contributed by atoms with Gasteiger partial charge in [0.1, 0.15) is 5.82 Å². The van der Waals surface area contributed by atoms with Crippen molar-refractivity contribution in [3.05, 3.63) is 51.2 Å². The summed E-state index contributed by atoms with van der Waals surface area (Å²) in [5, 5.41) is 5.75. The molecule has 5 heteroatoms. The fourth-order valence-electron chi connectivity index (χ4n) is 1.48. The molecule has 2 rings (SSSR count). The first-order chi connectivity index (χ1) is 8.25. The van der Waals surface area contributed by atoms with E-state index in [1.54, 1.807) is 23.5 Å². The summed E-state index contributed by atoms with van der Waals surface area (Å²) in [5.41, 5.74) is 3.47. The second-order valence-corrected chi connectivity index (χ2v) is 4.80. The molecule has 0 bridgehead atoms. The minimum Gasteiger partial charge on any atom is -0.312 e. The quantitative estimate of drug-likeness (QED) is 0.844. The van der Waals surface area contributed by atoms with Crippen LogP contribution in [0.2, 0.25) is 5.02 Å². The number of benzene rings is 1. The van der Waals surface area contributed by atoms with Gasteiger partial charge >= 0.3 is 0 Å². The number of thiazole rings is 1. The molecule has 2 nitrogen and oxygen atoms in total. The molecule has 0 unspecified atom stereocenters. The van der Waals surface area contributed by atoms with Crippen LogP contribution in [0, 0.1) is 5.82 Å². The molecule has 0 aliphatic rings. The van der Waals surface area contributed by atoms with Gasteiger partial charge in [0, 0.05) is 35.5 Å². The molecule has 0 aliphatic carbocycles. The van der Waals surface area contributed by atoms with Crippen LogP contribution in [0.4, 0.5) is 4.39 Å². The van der Waals surface area contributed by atoms with Gasteiger partial charge in [-0.05, 0) is 18.2 Å². The average molecular weight is 271 g/mol. The molecule has 1 aromatic heterocycles. The molecule has 0 saturated heterocycles. The molecule has 0 saturated carbocycles. The van der Waals surface area contributed by atoms with Gasteiger partial charge in [0.15, 0.2) is 0 Å². The van der Waals surface area contributed by atoms with Gasteiger partial charge in [-0.1, -0.05) is 11.6 Å². The van der Waals surface area contributed by atoms with E-state index in [0.29, 0.717) is 17.1 Å². The maximum Gasteiger partial charge on any atom is 0.127 e. The molecule has 2 aromatic rings. The number of hydrogen-bond donors (Lipinski definition) is 1. The van der Waals surface area contributed by atoms with Crippen molar-refractivity contribution in [2.24, 2.45) is 0 Å². The van der Waals surface area contributed by atoms with Crippen molar-refractivity contribution < 1.29 is 4.39 Å². The lowest BCUT2D eigenvalue weighted by atomic mass is 10.2. The molecular formula is C12H12ClFN2S. The summed E-state index contributed by atoms with van der Waals surface area (Å²) in [7, 11) is 0. The maximum absolute atomic E-state index is 13.4. The van der Waals surface area contributed by atoms with Crippen LogP contribution in [0.5, 0.6) is 0 Å². The summed E-state index contributed by atoms with van der Waals surface area (Å²) in [4.78, 5) is 4.18. The highest BCUT2D eigenvalue weighted by molar-refractivity contribution is 7.07. The van der Waals surface area contributed by atoms with E-state index in [9.17, 15) is 4.39 Å². The molecular weight excluding hydrogens is 259 g/mol. The number of rotatable bonds is 5. The van der Waals surface area contributed by atoms with Crippen molar-refractivity contribution in [2.75, 3.05) is 6.54 Å². The van der Waals surface area contributed by atoms with Crippen LogP contribution in [0.15, 0.2) is 29.1 Å². The van der Waals surface area contributed by atoms with Crippen LogP contribution >= 0.6 is 22.9 Å². The first kappa shape index (κ1) is 12.5. The van der Waals surface area contributed by atoms with Gasteiger partial charge in [0.05, 0.1) is 11.2 Å². The minimum absolute atomic E-state index is 0.226. The molecule has 0 fully saturated rings. The fourth-order valence-corrected chi connectivity index (χ4v) is 2.27. The van der Waals surface area contributed by atoms with Crippen LogP contribution in [0.3, 0.4) is 0 Å². The SMILES string of the molecule is Fc1ccc(Cl)cc1CNCCc1cscn1. The number of halogens is 2. The lowest BCUT2D eigenvalue weighted by Crippen LogP contribution is -2.17. The zero-order valence-electron chi connectivity index (χ0n) is 9.12. The standard InChI is InChI=1S/C12H12ClFN2S/c13-10-1-2-12(14)9(5-10)6-15-4-3-11-7-17-8-16-11/h1-2,5,7-8,15H,3-4,6H2. The van der Waals surface area contributed by atoms with E-state index >= 15 is 0 Å². The van der Waals surface area contributed by atoms with Crippen molar-refractivity contribution >= 4 is 22.9 Å². The lowest BCUT2D eigenvalue weighted by molar-refractivity contribution is 0.588. The number of nitrogens with one attached hydrogen (secondary N) is 1. The predicted octanol–water partition coefficient (Wildman–Crippen LogP) is 3.27. The van der Waals surface area contributed by atoms with E-state index in [0.717, 1.165) is 18.7 Å². The molecule has 0 radical (unpaired) electrons. The summed E-state index contributed by atoms with van der Waals surface area (Å²) in [6.07, 6.45) is 0.853. The molecule has 1 aromatic carbocycles. The van der Waals surface area contributed by atoms with Gasteiger partial charge < -0.3 is 5.32 Å². The Morgan fingerprint density at radius 2 is 2.29 bits per heavy atom. The molecule has 0 amide bonds. The molecule has 0 atom stereocenters. The number of nitrogens with zero attached hydrogens (tertiary/aromatic N) is 1. The summed E-state index contributed by atoms with van der Waals surface area (Å²) in [6, 6.07) is 4.59. The largest absolute Gasteiger partial charge is 0.312 e. The second-order valence-electron chi connectivity index (χ2n) is 3.64. The first-order valence-corrected chi connectivity index (χ1v) is 6.59. The third kappa shape index (κ3) is 3.77. The Labute approximate surface area is 108 Å². The van der Waals surface area contributed by atoms with E-state index in [2.05, 4.69) is 10.3 Å². The molecule has 1 heterocycles. The number of hydrogen-bond acceptors (Lipinski definition) is 3. The Morgan fingerprint density at radius 1 is 1.41 bits per heavy atom. The molecule has 0 spiro atoms. The van der Waals surface area contributed by atoms with Crippen molar-refractivity contribution in [1.29, 1.82) is 0 Å². The highest BCUT2D eigenvalue weighted by Crippen LogP contribution is 2.14. The van der Waals surface area contributed by atoms with Gasteiger partial charge in [-0.2, -0.15) is 0 Å². The highest BCUT2D eigenvalue weighted by Gasteiger charge is 2.02. The van der Waals surface area contributed by atoms with Gasteiger partial charge in [-0.3, -0.25) is 0 Å². The van der Waals surface area contributed by atoms with E-state index in [-0.39, 0.29) is 5.82 Å². The maximum atomic E-state index is 13.4. The zero-order valence-corrected chi connectivity index (χ0v) is 10.7. The normalized spacial score (nSPS) is 10.7. The topological polar surface area (TPSA) is 24.9 Å². The van der Waals surface area contributed by atoms with Gasteiger partial charge in [-0.25, -0.2) is 9.37 Å². The molecule has 1 N–H and O–H groups in total. The summed E-state index contributed by atoms with van der Waals surface area (Å²) in [5.74, 6) is -0.226. The van der Waals surface area contributed by atoms with Crippen LogP contribution in [-0.4, -0.2) is 11.5 Å². The van der Waals surface area contributed by atoms with E-state index in [1.165, 1.54) is 6.07 Å². The average Bonchev–Trinajstić information content (AvgIpc) is 2.82. The monoisotopic (exact) mass is 270 g/mol. The third-order valence-electron chi connectivity index (χ3n) is 2.36. The summed E-state index contributed by atoms with van der Waals surface area (Å²) >= 11 is 7.39. The van der Waals surface area contributed by atoms with E-state index < -0.39 is 0 Å². The van der Waals surface area contributed by atoms with Gasteiger partial charge in [-0.15, -0.1) is 11.3 Å². The van der Waals surface area contributed by atoms with E-state index in [1.807, 2.05) is 10.9 Å². The Balaban J connectivity index is 1.80. The van der Waals surface area contributed by atoms with Crippen LogP contribution in [-0.2, 0) is 13.0 Å². The van der Waals surface area contributed by atoms with Crippen LogP contribution in [0.1, 0.15) is 11.3 Å². The zero-order chi connectivity index (χ0) is 12.1. The Bertz CT molecular complexity index is 473. The Kier molecular flexibility index (Phi) is 4.48. The Hall–Kier alpha value is -0.970. The van der Waals surface area contributed by atoms with Crippen LogP contribution < -0.4 is 5.32 Å². The smallest absolute Gasteiger partial charge is 0.127 e. The van der Waals surface area contributed by atoms with Gasteiger partial charge in [0.2, 0.25) is 0 Å². The molecule has 90 valence electrons. The number of aromatic nitrogens is 1. The van der Waals surface area contributed by atoms with Crippen molar-refractivity contribution in [2.45, 2.75) is 13.0 Å². The van der Waals surface area contributed by atoms with Crippen LogP contribution in [0.25, 0.3) is 0 Å². The highest BCUT2D eigenvalue weighted by atomic mass is 35.5. The summed E-state index contributed by atoms with van der Waals surface area (Å²) in [6.45, 7) is 1.26. The van der Waals surface area contributed by atoms with E-state index in [4.69, 9.17) is 11.6 Å². The minimum atomic E-state index is -0.226. The summed E-state index contributed by atoms with van der Waals surface area (Å²) < 4.78 is 13.4. The Morgan fingerprint density at radius 3 is 3.06 bits per heavy atom. The molecule has 0 aliphatic heterocycles. The van der Waals surface area contributed by atoms with Crippen molar-refractivity contribution in [3.63, 3.8) is 0 Å². The molecule has 17 heavy (non-hydrogen) atoms. The lowest BCUT2D eigenvalue weighted by Gasteiger charge is -2.05. The predicted molar refractivity (Wildman–Crippen MR) is 68.9 cm³/mol. The third-order valence-corrected chi connectivity index (χ3v) is 3.23. The second kappa shape index (κ2) is 6.10. The van der Waals surface area contributed by atoms with Crippen molar-refractivity contribution in [1.82, 2.24) is 10.3 Å². The van der Waals surface area contributed by atoms with Gasteiger partial charge in [0.25, 0.3) is 0 Å².